The normalized spacial score (nSPS) is 17.5. The molecular weight excluding hydrogens is 410 g/mol. The molecule has 0 radical (unpaired) electrons. The van der Waals surface area contributed by atoms with E-state index in [1.54, 1.807) is 43.6 Å². The number of amides is 3. The Morgan fingerprint density at radius 2 is 1.88 bits per heavy atom. The number of hydrogen-bond donors (Lipinski definition) is 0. The first kappa shape index (κ1) is 19.9. The van der Waals surface area contributed by atoms with Crippen molar-refractivity contribution in [3.05, 3.63) is 71.4 Å². The molecule has 162 valence electrons. The van der Waals surface area contributed by atoms with Gasteiger partial charge in [0.05, 0.1) is 12.8 Å². The number of ketones is 1. The van der Waals surface area contributed by atoms with E-state index in [4.69, 9.17) is 4.42 Å². The number of likely N-dealkylation sites (N-methyl/N-ethyl adjacent to an activating group) is 1. The third kappa shape index (κ3) is 2.89. The molecule has 2 aromatic heterocycles. The Morgan fingerprint density at radius 1 is 1.12 bits per heavy atom. The fraction of sp³-hybridized carbons (Fsp3) is 0.261. The van der Waals surface area contributed by atoms with Crippen LogP contribution in [0.3, 0.4) is 0 Å². The molecule has 1 unspecified atom stereocenters. The largest absolute Gasteiger partial charge is 0.466 e. The molecule has 0 bridgehead atoms. The van der Waals surface area contributed by atoms with E-state index in [1.165, 1.54) is 4.90 Å². The molecule has 0 aliphatic carbocycles. The Balaban J connectivity index is 1.52. The maximum atomic E-state index is 13.5. The standard InChI is InChI=1S/C23H22N5O4/c1-14-15(2)28-19-20(24-22(28)26(14)12-17-10-7-11-32-17)25(3)23(31)27(21(19)30)13-18(29)16-8-5-4-6-9-16/h4-11,19H,12-13H2,1-3H3/q+1. The topological polar surface area (TPSA) is 92.0 Å². The molecule has 1 saturated heterocycles. The van der Waals surface area contributed by atoms with Crippen molar-refractivity contribution in [3.63, 3.8) is 0 Å². The lowest BCUT2D eigenvalue weighted by atomic mass is 10.1. The number of carbonyl (C=O) groups excluding carboxylic acids is 3. The molecule has 4 heterocycles. The van der Waals surface area contributed by atoms with Gasteiger partial charge in [-0.15, -0.1) is 0 Å². The molecule has 32 heavy (non-hydrogen) atoms. The number of fused-ring (bicyclic) bond motifs is 3. The first-order chi connectivity index (χ1) is 15.4. The third-order valence-electron chi connectivity index (χ3n) is 6.12. The van der Waals surface area contributed by atoms with Crippen LogP contribution in [-0.2, 0) is 11.3 Å². The zero-order chi connectivity index (χ0) is 22.6. The summed E-state index contributed by atoms with van der Waals surface area (Å²) in [6, 6.07) is 11.0. The van der Waals surface area contributed by atoms with Crippen LogP contribution in [0.5, 0.6) is 0 Å². The highest BCUT2D eigenvalue weighted by Crippen LogP contribution is 2.35. The Labute approximate surface area is 184 Å². The van der Waals surface area contributed by atoms with Gasteiger partial charge in [0, 0.05) is 12.6 Å². The summed E-state index contributed by atoms with van der Waals surface area (Å²) in [5.41, 5.74) is 2.26. The van der Waals surface area contributed by atoms with Crippen LogP contribution in [0.2, 0.25) is 0 Å². The maximum Gasteiger partial charge on any atom is 0.402 e. The number of aromatic nitrogens is 2. The van der Waals surface area contributed by atoms with Gasteiger partial charge in [-0.1, -0.05) is 35.3 Å². The molecule has 9 heteroatoms. The van der Waals surface area contributed by atoms with Gasteiger partial charge >= 0.3 is 12.0 Å². The first-order valence-corrected chi connectivity index (χ1v) is 10.3. The van der Waals surface area contributed by atoms with Crippen LogP contribution in [0.1, 0.15) is 33.5 Å². The number of imidazole rings is 1. The maximum absolute atomic E-state index is 13.5. The average molecular weight is 432 g/mol. The zero-order valence-corrected chi connectivity index (χ0v) is 18.0. The lowest BCUT2D eigenvalue weighted by Crippen LogP contribution is -2.58. The monoisotopic (exact) mass is 432 g/mol. The van der Waals surface area contributed by atoms with Crippen molar-refractivity contribution in [3.8, 4) is 0 Å². The van der Waals surface area contributed by atoms with Crippen molar-refractivity contribution in [2.75, 3.05) is 13.6 Å². The second-order valence-electron chi connectivity index (χ2n) is 7.93. The second kappa shape index (κ2) is 7.30. The summed E-state index contributed by atoms with van der Waals surface area (Å²) < 4.78 is 9.28. The van der Waals surface area contributed by atoms with Crippen LogP contribution in [0.15, 0.2) is 58.1 Å². The summed E-state index contributed by atoms with van der Waals surface area (Å²) in [6.45, 7) is 4.00. The first-order valence-electron chi connectivity index (χ1n) is 10.3. The van der Waals surface area contributed by atoms with Crippen LogP contribution in [0.4, 0.5) is 10.7 Å². The van der Waals surface area contributed by atoms with Crippen molar-refractivity contribution >= 4 is 29.5 Å². The lowest BCUT2D eigenvalue weighted by molar-refractivity contribution is -0.682. The van der Waals surface area contributed by atoms with Crippen molar-refractivity contribution in [1.82, 2.24) is 14.4 Å². The molecule has 3 aromatic rings. The fourth-order valence-corrected chi connectivity index (χ4v) is 4.25. The van der Waals surface area contributed by atoms with Crippen molar-refractivity contribution < 1.29 is 23.4 Å². The SMILES string of the molecule is Cc1c(C)[n+](Cc2ccco2)c2n1C1C(=O)N(CC(=O)c3ccccc3)C(=O)N(C)C1=N2. The molecule has 3 amide bonds. The van der Waals surface area contributed by atoms with Gasteiger partial charge in [-0.25, -0.2) is 13.9 Å². The molecular formula is C23H22N5O4+. The summed E-state index contributed by atoms with van der Waals surface area (Å²) in [5, 5.41) is 0. The van der Waals surface area contributed by atoms with Crippen molar-refractivity contribution in [1.29, 1.82) is 0 Å². The van der Waals surface area contributed by atoms with E-state index in [-0.39, 0.29) is 12.3 Å². The van der Waals surface area contributed by atoms with Crippen molar-refractivity contribution in [2.45, 2.75) is 26.4 Å². The number of urea groups is 1. The third-order valence-corrected chi connectivity index (χ3v) is 6.12. The van der Waals surface area contributed by atoms with E-state index in [0.29, 0.717) is 23.9 Å². The number of amidine groups is 1. The second-order valence-corrected chi connectivity index (χ2v) is 7.93. The van der Waals surface area contributed by atoms with E-state index in [2.05, 4.69) is 4.99 Å². The number of aliphatic imine (C=N–C) groups is 1. The fourth-order valence-electron chi connectivity index (χ4n) is 4.25. The molecule has 0 spiro atoms. The van der Waals surface area contributed by atoms with Gasteiger partial charge in [0.15, 0.2) is 5.78 Å². The minimum Gasteiger partial charge on any atom is -0.466 e. The molecule has 2 aliphatic heterocycles. The van der Waals surface area contributed by atoms with E-state index >= 15 is 0 Å². The number of hydrogen-bond acceptors (Lipinski definition) is 5. The van der Waals surface area contributed by atoms with Crippen LogP contribution < -0.4 is 4.57 Å². The molecule has 0 N–H and O–H groups in total. The molecule has 1 fully saturated rings. The summed E-state index contributed by atoms with van der Waals surface area (Å²) in [5.74, 6) is 0.925. The molecule has 9 nitrogen and oxygen atoms in total. The number of rotatable bonds is 5. The number of carbonyl (C=O) groups is 3. The van der Waals surface area contributed by atoms with Gasteiger partial charge in [0.1, 0.15) is 23.7 Å². The Kier molecular flexibility index (Phi) is 4.54. The number of Topliss-reactive ketones (excluding diaryl/α,β-unsaturated/α-hetero) is 1. The minimum absolute atomic E-state index is 0.299. The van der Waals surface area contributed by atoms with Crippen molar-refractivity contribution in [2.24, 2.45) is 4.99 Å². The Bertz CT molecular complexity index is 1270. The van der Waals surface area contributed by atoms with E-state index < -0.39 is 18.0 Å². The quantitative estimate of drug-likeness (QED) is 0.457. The summed E-state index contributed by atoms with van der Waals surface area (Å²) in [6.07, 6.45) is 1.61. The summed E-state index contributed by atoms with van der Waals surface area (Å²) >= 11 is 0. The predicted octanol–water partition coefficient (Wildman–Crippen LogP) is 2.40. The highest BCUT2D eigenvalue weighted by Gasteiger charge is 2.54. The minimum atomic E-state index is -0.798. The smallest absolute Gasteiger partial charge is 0.402 e. The Hall–Kier alpha value is -4.01. The van der Waals surface area contributed by atoms with E-state index in [9.17, 15) is 14.4 Å². The molecule has 5 rings (SSSR count). The van der Waals surface area contributed by atoms with E-state index in [0.717, 1.165) is 22.0 Å². The van der Waals surface area contributed by atoms with Gasteiger partial charge in [-0.05, 0) is 26.0 Å². The number of imide groups is 1. The van der Waals surface area contributed by atoms with Gasteiger partial charge in [-0.2, -0.15) is 0 Å². The van der Waals surface area contributed by atoms with Crippen LogP contribution >= 0.6 is 0 Å². The van der Waals surface area contributed by atoms with Gasteiger partial charge in [-0.3, -0.25) is 19.4 Å². The number of furan rings is 1. The van der Waals surface area contributed by atoms with Crippen LogP contribution in [-0.4, -0.2) is 51.5 Å². The lowest BCUT2D eigenvalue weighted by Gasteiger charge is -2.33. The van der Waals surface area contributed by atoms with E-state index in [1.807, 2.05) is 35.1 Å². The zero-order valence-electron chi connectivity index (χ0n) is 18.0. The molecule has 1 aromatic carbocycles. The molecule has 1 atom stereocenters. The highest BCUT2D eigenvalue weighted by atomic mass is 16.3. The van der Waals surface area contributed by atoms with Gasteiger partial charge in [0.25, 0.3) is 5.91 Å². The Morgan fingerprint density at radius 3 is 2.56 bits per heavy atom. The number of nitrogens with zero attached hydrogens (tertiary/aromatic N) is 5. The summed E-state index contributed by atoms with van der Waals surface area (Å²) in [7, 11) is 1.58. The van der Waals surface area contributed by atoms with Crippen LogP contribution in [0.25, 0.3) is 0 Å². The number of benzene rings is 1. The molecule has 2 aliphatic rings. The predicted molar refractivity (Wildman–Crippen MR) is 114 cm³/mol. The van der Waals surface area contributed by atoms with Gasteiger partial charge in [0.2, 0.25) is 11.9 Å². The average Bonchev–Trinajstić information content (AvgIpc) is 3.50. The summed E-state index contributed by atoms with van der Waals surface area (Å²) in [4.78, 5) is 46.2. The van der Waals surface area contributed by atoms with Crippen LogP contribution in [0, 0.1) is 13.8 Å². The highest BCUT2D eigenvalue weighted by molar-refractivity contribution is 6.21. The van der Waals surface area contributed by atoms with Gasteiger partial charge < -0.3 is 4.42 Å². The molecule has 0 saturated carbocycles.